The van der Waals surface area contributed by atoms with Gasteiger partial charge in [-0.25, -0.2) is 0 Å². The molecule has 2 N–H and O–H groups in total. The van der Waals surface area contributed by atoms with Gasteiger partial charge in [0, 0.05) is 58.2 Å². The molecule has 0 aromatic heterocycles. The lowest BCUT2D eigenvalue weighted by Gasteiger charge is -2.38. The highest BCUT2D eigenvalue weighted by Crippen LogP contribution is 2.24. The molecule has 1 saturated heterocycles. The van der Waals surface area contributed by atoms with Gasteiger partial charge in [0.05, 0.1) is 6.04 Å². The molecule has 1 aliphatic rings. The van der Waals surface area contributed by atoms with Crippen molar-refractivity contribution in [2.45, 2.75) is 13.0 Å². The predicted molar refractivity (Wildman–Crippen MR) is 125 cm³/mol. The Labute approximate surface area is 185 Å². The van der Waals surface area contributed by atoms with E-state index in [2.05, 4.69) is 56.6 Å². The molecule has 0 aliphatic carbocycles. The Morgan fingerprint density at radius 2 is 1.68 bits per heavy atom. The summed E-state index contributed by atoms with van der Waals surface area (Å²) in [5, 5.41) is 5.52. The zero-order chi connectivity index (χ0) is 22.4. The maximum Gasteiger partial charge on any atom is 0.313 e. The molecule has 0 saturated carbocycles. The zero-order valence-electron chi connectivity index (χ0n) is 18.9. The van der Waals surface area contributed by atoms with Crippen LogP contribution in [-0.4, -0.2) is 75.5 Å². The van der Waals surface area contributed by atoms with Crippen LogP contribution in [0.3, 0.4) is 0 Å². The van der Waals surface area contributed by atoms with Crippen LogP contribution in [0.25, 0.3) is 0 Å². The van der Waals surface area contributed by atoms with E-state index in [4.69, 9.17) is 0 Å². The average Bonchev–Trinajstić information content (AvgIpc) is 2.75. The van der Waals surface area contributed by atoms with Crippen LogP contribution in [0.2, 0.25) is 0 Å². The molecule has 3 rings (SSSR count). The number of carbonyl (C=O) groups is 2. The summed E-state index contributed by atoms with van der Waals surface area (Å²) in [5.41, 5.74) is 3.90. The first-order chi connectivity index (χ1) is 14.8. The second-order valence-electron chi connectivity index (χ2n) is 8.37. The topological polar surface area (TPSA) is 67.9 Å². The van der Waals surface area contributed by atoms with E-state index in [0.717, 1.165) is 43.0 Å². The molecule has 166 valence electrons. The average molecular weight is 424 g/mol. The van der Waals surface area contributed by atoms with Crippen molar-refractivity contribution in [3.8, 4) is 0 Å². The lowest BCUT2D eigenvalue weighted by molar-refractivity contribution is -0.136. The SMILES string of the molecule is Cc1cccc(NC(=O)C(=O)NC[C@@H](c2ccc(N(C)C)cc2)N2CCN(C)CC2)c1. The quantitative estimate of drug-likeness (QED) is 0.697. The van der Waals surface area contributed by atoms with Crippen molar-refractivity contribution in [3.05, 3.63) is 59.7 Å². The third-order valence-electron chi connectivity index (χ3n) is 5.71. The van der Waals surface area contributed by atoms with Crippen LogP contribution in [-0.2, 0) is 9.59 Å². The van der Waals surface area contributed by atoms with Crippen LogP contribution in [0.4, 0.5) is 11.4 Å². The smallest absolute Gasteiger partial charge is 0.313 e. The number of hydrogen-bond acceptors (Lipinski definition) is 5. The fraction of sp³-hybridized carbons (Fsp3) is 0.417. The molecule has 31 heavy (non-hydrogen) atoms. The van der Waals surface area contributed by atoms with Crippen molar-refractivity contribution in [2.24, 2.45) is 0 Å². The number of piperazine rings is 1. The van der Waals surface area contributed by atoms with E-state index in [1.165, 1.54) is 0 Å². The molecule has 0 radical (unpaired) electrons. The molecule has 0 bridgehead atoms. The fourth-order valence-corrected chi connectivity index (χ4v) is 3.77. The number of nitrogens with zero attached hydrogens (tertiary/aromatic N) is 3. The summed E-state index contributed by atoms with van der Waals surface area (Å²) >= 11 is 0. The van der Waals surface area contributed by atoms with Crippen molar-refractivity contribution in [1.82, 2.24) is 15.1 Å². The molecular weight excluding hydrogens is 390 g/mol. The summed E-state index contributed by atoms with van der Waals surface area (Å²) in [7, 11) is 6.15. The van der Waals surface area contributed by atoms with E-state index in [-0.39, 0.29) is 6.04 Å². The summed E-state index contributed by atoms with van der Waals surface area (Å²) < 4.78 is 0. The maximum atomic E-state index is 12.5. The van der Waals surface area contributed by atoms with Gasteiger partial charge in [-0.05, 0) is 49.4 Å². The van der Waals surface area contributed by atoms with E-state index in [1.807, 2.05) is 39.2 Å². The first-order valence-electron chi connectivity index (χ1n) is 10.7. The standard InChI is InChI=1S/C24H33N5O2/c1-18-6-5-7-20(16-18)26-24(31)23(30)25-17-22(29-14-12-28(4)13-15-29)19-8-10-21(11-9-19)27(2)3/h5-11,16,22H,12-15,17H2,1-4H3,(H,25,30)(H,26,31)/t22-/m0/s1. The van der Waals surface area contributed by atoms with E-state index in [0.29, 0.717) is 12.2 Å². The first kappa shape index (κ1) is 22.8. The number of nitrogens with one attached hydrogen (secondary N) is 2. The number of hydrogen-bond donors (Lipinski definition) is 2. The Morgan fingerprint density at radius 1 is 1.00 bits per heavy atom. The molecule has 2 aromatic carbocycles. The van der Waals surface area contributed by atoms with Crippen LogP contribution in [0, 0.1) is 6.92 Å². The first-order valence-corrected chi connectivity index (χ1v) is 10.7. The summed E-state index contributed by atoms with van der Waals surface area (Å²) in [6, 6.07) is 15.8. The Balaban J connectivity index is 1.67. The highest BCUT2D eigenvalue weighted by Gasteiger charge is 2.25. The third-order valence-corrected chi connectivity index (χ3v) is 5.71. The van der Waals surface area contributed by atoms with Crippen molar-refractivity contribution in [1.29, 1.82) is 0 Å². The molecule has 1 atom stereocenters. The van der Waals surface area contributed by atoms with Gasteiger partial charge in [-0.3, -0.25) is 14.5 Å². The van der Waals surface area contributed by atoms with Gasteiger partial charge in [0.25, 0.3) is 0 Å². The van der Waals surface area contributed by atoms with Crippen LogP contribution < -0.4 is 15.5 Å². The van der Waals surface area contributed by atoms with Gasteiger partial charge in [0.2, 0.25) is 0 Å². The normalized spacial score (nSPS) is 15.9. The summed E-state index contributed by atoms with van der Waals surface area (Å²) in [5.74, 6) is -1.27. The number of amides is 2. The lowest BCUT2D eigenvalue weighted by Crippen LogP contribution is -2.49. The van der Waals surface area contributed by atoms with Crippen LogP contribution in [0.1, 0.15) is 17.2 Å². The minimum Gasteiger partial charge on any atom is -0.378 e. The van der Waals surface area contributed by atoms with E-state index in [9.17, 15) is 9.59 Å². The van der Waals surface area contributed by atoms with Crippen LogP contribution in [0.5, 0.6) is 0 Å². The van der Waals surface area contributed by atoms with E-state index >= 15 is 0 Å². The highest BCUT2D eigenvalue weighted by atomic mass is 16.2. The highest BCUT2D eigenvalue weighted by molar-refractivity contribution is 6.39. The monoisotopic (exact) mass is 423 g/mol. The molecule has 0 unspecified atom stereocenters. The van der Waals surface area contributed by atoms with Crippen molar-refractivity contribution >= 4 is 23.2 Å². The minimum atomic E-state index is -0.648. The predicted octanol–water partition coefficient (Wildman–Crippen LogP) is 2.10. The van der Waals surface area contributed by atoms with Gasteiger partial charge in [-0.1, -0.05) is 24.3 Å². The second kappa shape index (κ2) is 10.4. The summed E-state index contributed by atoms with van der Waals surface area (Å²) in [6.45, 7) is 6.12. The molecular formula is C24H33N5O2. The largest absolute Gasteiger partial charge is 0.378 e. The molecule has 2 aromatic rings. The maximum absolute atomic E-state index is 12.5. The van der Waals surface area contributed by atoms with Gasteiger partial charge < -0.3 is 20.4 Å². The number of carbonyl (C=O) groups excluding carboxylic acids is 2. The van der Waals surface area contributed by atoms with Gasteiger partial charge in [0.15, 0.2) is 0 Å². The molecule has 1 aliphatic heterocycles. The number of rotatable bonds is 6. The van der Waals surface area contributed by atoms with E-state index < -0.39 is 11.8 Å². The molecule has 0 spiro atoms. The number of anilines is 2. The summed E-state index contributed by atoms with van der Waals surface area (Å²) in [6.07, 6.45) is 0. The molecule has 2 amide bonds. The van der Waals surface area contributed by atoms with Gasteiger partial charge in [-0.2, -0.15) is 0 Å². The zero-order valence-corrected chi connectivity index (χ0v) is 18.9. The third kappa shape index (κ3) is 6.29. The van der Waals surface area contributed by atoms with Gasteiger partial charge in [0.1, 0.15) is 0 Å². The summed E-state index contributed by atoms with van der Waals surface area (Å²) in [4.78, 5) is 31.6. The van der Waals surface area contributed by atoms with Crippen LogP contribution >= 0.6 is 0 Å². The van der Waals surface area contributed by atoms with Crippen molar-refractivity contribution in [2.75, 3.05) is 64.1 Å². The molecule has 1 fully saturated rings. The Bertz CT molecular complexity index is 889. The Morgan fingerprint density at radius 3 is 2.29 bits per heavy atom. The Hall–Kier alpha value is -2.90. The fourth-order valence-electron chi connectivity index (χ4n) is 3.77. The number of likely N-dealkylation sites (N-methyl/N-ethyl adjacent to an activating group) is 1. The lowest BCUT2D eigenvalue weighted by atomic mass is 10.0. The van der Waals surface area contributed by atoms with Crippen molar-refractivity contribution in [3.63, 3.8) is 0 Å². The molecule has 7 nitrogen and oxygen atoms in total. The second-order valence-corrected chi connectivity index (χ2v) is 8.37. The van der Waals surface area contributed by atoms with Gasteiger partial charge >= 0.3 is 11.8 Å². The number of benzene rings is 2. The van der Waals surface area contributed by atoms with Crippen LogP contribution in [0.15, 0.2) is 48.5 Å². The molecule has 1 heterocycles. The molecule has 7 heteroatoms. The van der Waals surface area contributed by atoms with Crippen molar-refractivity contribution < 1.29 is 9.59 Å². The minimum absolute atomic E-state index is 0.0145. The van der Waals surface area contributed by atoms with E-state index in [1.54, 1.807) is 6.07 Å². The number of aryl methyl sites for hydroxylation is 1. The Kier molecular flexibility index (Phi) is 7.65. The van der Waals surface area contributed by atoms with Gasteiger partial charge in [-0.15, -0.1) is 0 Å².